The minimum absolute atomic E-state index is 0.202. The van der Waals surface area contributed by atoms with Crippen molar-refractivity contribution in [3.8, 4) is 0 Å². The third-order valence-electron chi connectivity index (χ3n) is 2.91. The highest BCUT2D eigenvalue weighted by Gasteiger charge is 2.15. The molecule has 124 valence electrons. The highest BCUT2D eigenvalue weighted by molar-refractivity contribution is 6.44. The lowest BCUT2D eigenvalue weighted by Gasteiger charge is -2.09. The van der Waals surface area contributed by atoms with E-state index in [1.54, 1.807) is 30.3 Å². The van der Waals surface area contributed by atoms with E-state index in [2.05, 4.69) is 16.0 Å². The third kappa shape index (κ3) is 4.72. The van der Waals surface area contributed by atoms with Crippen LogP contribution in [-0.4, -0.2) is 17.7 Å². The number of halogens is 1. The number of amides is 3. The van der Waals surface area contributed by atoms with Gasteiger partial charge in [0.25, 0.3) is 0 Å². The average molecular weight is 347 g/mol. The molecule has 0 saturated heterocycles. The van der Waals surface area contributed by atoms with Crippen molar-refractivity contribution in [2.45, 2.75) is 6.92 Å². The molecule has 2 aromatic carbocycles. The second-order valence-electron chi connectivity index (χ2n) is 4.91. The van der Waals surface area contributed by atoms with E-state index < -0.39 is 11.8 Å². The molecule has 0 heterocycles. The van der Waals surface area contributed by atoms with Crippen LogP contribution in [0.3, 0.4) is 0 Å². The first-order valence-electron chi connectivity index (χ1n) is 6.90. The molecule has 0 bridgehead atoms. The van der Waals surface area contributed by atoms with Gasteiger partial charge in [-0.1, -0.05) is 11.6 Å². The largest absolute Gasteiger partial charge is 0.399 e. The van der Waals surface area contributed by atoms with Crippen molar-refractivity contribution in [1.82, 2.24) is 0 Å². The second-order valence-corrected chi connectivity index (χ2v) is 5.31. The molecular weight excluding hydrogens is 332 g/mol. The Balaban J connectivity index is 1.98. The summed E-state index contributed by atoms with van der Waals surface area (Å²) in [5.41, 5.74) is 7.28. The molecule has 2 rings (SSSR count). The quantitative estimate of drug-likeness (QED) is 0.505. The molecule has 5 N–H and O–H groups in total. The Labute approximate surface area is 143 Å². The first kappa shape index (κ1) is 17.3. The van der Waals surface area contributed by atoms with E-state index in [1.807, 2.05) is 0 Å². The maximum absolute atomic E-state index is 11.9. The van der Waals surface area contributed by atoms with E-state index in [0.29, 0.717) is 17.1 Å². The number of nitrogen functional groups attached to an aromatic ring is 1. The van der Waals surface area contributed by atoms with E-state index in [9.17, 15) is 14.4 Å². The molecule has 0 fully saturated rings. The number of benzene rings is 2. The molecule has 24 heavy (non-hydrogen) atoms. The van der Waals surface area contributed by atoms with Gasteiger partial charge < -0.3 is 21.7 Å². The van der Waals surface area contributed by atoms with Gasteiger partial charge in [0.1, 0.15) is 0 Å². The van der Waals surface area contributed by atoms with Crippen molar-refractivity contribution in [1.29, 1.82) is 0 Å². The molecule has 2 aromatic rings. The smallest absolute Gasteiger partial charge is 0.314 e. The van der Waals surface area contributed by atoms with Gasteiger partial charge in [-0.05, 0) is 42.5 Å². The fraction of sp³-hybridized carbons (Fsp3) is 0.0625. The SMILES string of the molecule is CC(=O)Nc1ccc(NC(=O)C(=O)Nc2ccc(N)cc2Cl)cc1. The zero-order valence-corrected chi connectivity index (χ0v) is 13.5. The summed E-state index contributed by atoms with van der Waals surface area (Å²) in [5, 5.41) is 7.67. The van der Waals surface area contributed by atoms with Gasteiger partial charge >= 0.3 is 11.8 Å². The summed E-state index contributed by atoms with van der Waals surface area (Å²) in [4.78, 5) is 34.7. The molecule has 3 amide bonds. The molecule has 0 aliphatic rings. The number of carbonyl (C=O) groups excluding carboxylic acids is 3. The summed E-state index contributed by atoms with van der Waals surface area (Å²) >= 11 is 5.94. The molecule has 0 aromatic heterocycles. The molecule has 0 radical (unpaired) electrons. The van der Waals surface area contributed by atoms with Gasteiger partial charge in [-0.15, -0.1) is 0 Å². The third-order valence-corrected chi connectivity index (χ3v) is 3.22. The number of hydrogen-bond donors (Lipinski definition) is 4. The van der Waals surface area contributed by atoms with Crippen LogP contribution in [0.1, 0.15) is 6.92 Å². The number of nitrogens with two attached hydrogens (primary N) is 1. The number of hydrogen-bond acceptors (Lipinski definition) is 4. The van der Waals surface area contributed by atoms with E-state index in [4.69, 9.17) is 17.3 Å². The first-order valence-corrected chi connectivity index (χ1v) is 7.28. The van der Waals surface area contributed by atoms with Gasteiger partial charge in [-0.3, -0.25) is 14.4 Å². The van der Waals surface area contributed by atoms with Crippen LogP contribution < -0.4 is 21.7 Å². The predicted molar refractivity (Wildman–Crippen MR) is 93.9 cm³/mol. The topological polar surface area (TPSA) is 113 Å². The fourth-order valence-corrected chi connectivity index (χ4v) is 2.08. The maximum atomic E-state index is 11.9. The van der Waals surface area contributed by atoms with E-state index >= 15 is 0 Å². The Morgan fingerprint density at radius 3 is 1.96 bits per heavy atom. The second kappa shape index (κ2) is 7.47. The summed E-state index contributed by atoms with van der Waals surface area (Å²) < 4.78 is 0. The Kier molecular flexibility index (Phi) is 5.39. The van der Waals surface area contributed by atoms with Crippen LogP contribution in [0.5, 0.6) is 0 Å². The van der Waals surface area contributed by atoms with Crippen LogP contribution in [-0.2, 0) is 14.4 Å². The summed E-state index contributed by atoms with van der Waals surface area (Å²) in [6.07, 6.45) is 0. The van der Waals surface area contributed by atoms with Gasteiger partial charge in [0.15, 0.2) is 0 Å². The Hall–Kier alpha value is -3.06. The normalized spacial score (nSPS) is 9.92. The van der Waals surface area contributed by atoms with Crippen molar-refractivity contribution in [2.75, 3.05) is 21.7 Å². The van der Waals surface area contributed by atoms with Gasteiger partial charge in [-0.2, -0.15) is 0 Å². The summed E-state index contributed by atoms with van der Waals surface area (Å²) in [6.45, 7) is 1.39. The molecule has 7 nitrogen and oxygen atoms in total. The van der Waals surface area contributed by atoms with Crippen LogP contribution in [0.15, 0.2) is 42.5 Å². The molecule has 0 atom stereocenters. The van der Waals surface area contributed by atoms with Crippen molar-refractivity contribution >= 4 is 52.1 Å². The Morgan fingerprint density at radius 1 is 0.875 bits per heavy atom. The van der Waals surface area contributed by atoms with Gasteiger partial charge in [0.05, 0.1) is 10.7 Å². The lowest BCUT2D eigenvalue weighted by molar-refractivity contribution is -0.132. The molecule has 0 spiro atoms. The van der Waals surface area contributed by atoms with E-state index in [-0.39, 0.29) is 16.6 Å². The average Bonchev–Trinajstić information content (AvgIpc) is 2.51. The highest BCUT2D eigenvalue weighted by atomic mass is 35.5. The number of anilines is 4. The zero-order chi connectivity index (χ0) is 17.7. The lowest BCUT2D eigenvalue weighted by Crippen LogP contribution is -2.29. The maximum Gasteiger partial charge on any atom is 0.314 e. The molecule has 0 aliphatic carbocycles. The Bertz CT molecular complexity index is 790. The molecule has 0 aliphatic heterocycles. The van der Waals surface area contributed by atoms with Crippen molar-refractivity contribution in [3.63, 3.8) is 0 Å². The van der Waals surface area contributed by atoms with Crippen molar-refractivity contribution < 1.29 is 14.4 Å². The standard InChI is InChI=1S/C16H15ClN4O3/c1-9(22)19-11-3-5-12(6-4-11)20-15(23)16(24)21-14-7-2-10(18)8-13(14)17/h2-8H,18H2,1H3,(H,19,22)(H,20,23)(H,21,24). The zero-order valence-electron chi connectivity index (χ0n) is 12.7. The Morgan fingerprint density at radius 2 is 1.42 bits per heavy atom. The first-order chi connectivity index (χ1) is 11.3. The summed E-state index contributed by atoms with van der Waals surface area (Å²) in [7, 11) is 0. The number of rotatable bonds is 3. The monoisotopic (exact) mass is 346 g/mol. The minimum Gasteiger partial charge on any atom is -0.399 e. The molecule has 8 heteroatoms. The van der Waals surface area contributed by atoms with Gasteiger partial charge in [0.2, 0.25) is 5.91 Å². The summed E-state index contributed by atoms with van der Waals surface area (Å²) in [6, 6.07) is 10.9. The number of carbonyl (C=O) groups is 3. The van der Waals surface area contributed by atoms with Crippen LogP contribution in [0.25, 0.3) is 0 Å². The van der Waals surface area contributed by atoms with Crippen molar-refractivity contribution in [2.24, 2.45) is 0 Å². The van der Waals surface area contributed by atoms with Crippen LogP contribution >= 0.6 is 11.6 Å². The van der Waals surface area contributed by atoms with Gasteiger partial charge in [0, 0.05) is 24.0 Å². The minimum atomic E-state index is -0.868. The highest BCUT2D eigenvalue weighted by Crippen LogP contribution is 2.24. The predicted octanol–water partition coefficient (Wildman–Crippen LogP) is 2.46. The molecule has 0 saturated carbocycles. The van der Waals surface area contributed by atoms with Crippen LogP contribution in [0.4, 0.5) is 22.7 Å². The summed E-state index contributed by atoms with van der Waals surface area (Å²) in [5.74, 6) is -1.92. The molecular formula is C16H15ClN4O3. The van der Waals surface area contributed by atoms with Crippen LogP contribution in [0, 0.1) is 0 Å². The van der Waals surface area contributed by atoms with E-state index in [1.165, 1.54) is 19.1 Å². The fourth-order valence-electron chi connectivity index (χ4n) is 1.84. The number of nitrogens with one attached hydrogen (secondary N) is 3. The lowest BCUT2D eigenvalue weighted by atomic mass is 10.2. The molecule has 0 unspecified atom stereocenters. The van der Waals surface area contributed by atoms with Crippen LogP contribution in [0.2, 0.25) is 5.02 Å². The van der Waals surface area contributed by atoms with Gasteiger partial charge in [-0.25, -0.2) is 0 Å². The van der Waals surface area contributed by atoms with E-state index in [0.717, 1.165) is 0 Å². The van der Waals surface area contributed by atoms with Crippen molar-refractivity contribution in [3.05, 3.63) is 47.5 Å².